The van der Waals surface area contributed by atoms with Crippen LogP contribution in [0.3, 0.4) is 0 Å². The minimum Gasteiger partial charge on any atom is -0.490 e. The van der Waals surface area contributed by atoms with Crippen LogP contribution in [0, 0.1) is 30.1 Å². The van der Waals surface area contributed by atoms with E-state index < -0.39 is 0 Å². The van der Waals surface area contributed by atoms with Crippen LogP contribution in [0.5, 0.6) is 5.75 Å². The molecule has 1 nitrogen and oxygen atoms in total. The van der Waals surface area contributed by atoms with Gasteiger partial charge in [-0.1, -0.05) is 19.9 Å². The van der Waals surface area contributed by atoms with Crippen molar-refractivity contribution in [2.45, 2.75) is 84.2 Å². The van der Waals surface area contributed by atoms with Crippen LogP contribution in [0.4, 0.5) is 0 Å². The van der Waals surface area contributed by atoms with Crippen LogP contribution in [0.1, 0.15) is 81.4 Å². The van der Waals surface area contributed by atoms with Crippen LogP contribution in [0.25, 0.3) is 0 Å². The van der Waals surface area contributed by atoms with Crippen molar-refractivity contribution >= 4 is 0 Å². The molecule has 5 rings (SSSR count). The Morgan fingerprint density at radius 2 is 1.88 bits per heavy atom. The molecule has 1 aromatic rings. The Morgan fingerprint density at radius 3 is 2.67 bits per heavy atom. The maximum atomic E-state index is 6.16. The van der Waals surface area contributed by atoms with Crippen LogP contribution in [-0.4, -0.2) is 6.10 Å². The molecule has 0 N–H and O–H groups in total. The first kappa shape index (κ1) is 15.3. The zero-order valence-corrected chi connectivity index (χ0v) is 15.6. The van der Waals surface area contributed by atoms with Gasteiger partial charge in [0.05, 0.1) is 6.10 Å². The van der Waals surface area contributed by atoms with Gasteiger partial charge in [0.25, 0.3) is 0 Å². The molecule has 1 aromatic carbocycles. The maximum Gasteiger partial charge on any atom is 0.122 e. The van der Waals surface area contributed by atoms with E-state index in [1.807, 2.05) is 0 Å². The van der Waals surface area contributed by atoms with Gasteiger partial charge in [0.2, 0.25) is 0 Å². The molecule has 130 valence electrons. The Labute approximate surface area is 147 Å². The summed E-state index contributed by atoms with van der Waals surface area (Å²) in [6.07, 6.45) is 11.5. The second-order valence-electron chi connectivity index (χ2n) is 9.51. The van der Waals surface area contributed by atoms with Crippen LogP contribution >= 0.6 is 0 Å². The largest absolute Gasteiger partial charge is 0.490 e. The molecule has 4 aliphatic carbocycles. The number of hydrogen-bond acceptors (Lipinski definition) is 1. The highest BCUT2D eigenvalue weighted by Crippen LogP contribution is 2.63. The molecule has 0 aromatic heterocycles. The second kappa shape index (κ2) is 5.26. The lowest BCUT2D eigenvalue weighted by Gasteiger charge is -2.51. The van der Waals surface area contributed by atoms with Crippen LogP contribution in [0.2, 0.25) is 0 Å². The molecule has 5 atom stereocenters. The maximum absolute atomic E-state index is 6.16. The number of benzene rings is 1. The summed E-state index contributed by atoms with van der Waals surface area (Å²) in [4.78, 5) is 0. The lowest BCUT2D eigenvalue weighted by molar-refractivity contribution is 0.0335. The first-order chi connectivity index (χ1) is 11.6. The van der Waals surface area contributed by atoms with E-state index in [2.05, 4.69) is 32.9 Å². The summed E-state index contributed by atoms with van der Waals surface area (Å²) in [5.74, 6) is 4.84. The zero-order chi connectivity index (χ0) is 16.5. The second-order valence-corrected chi connectivity index (χ2v) is 9.51. The molecule has 0 saturated heterocycles. The molecule has 4 aliphatic rings. The number of hydrogen-bond donors (Lipinski definition) is 0. The van der Waals surface area contributed by atoms with E-state index in [0.29, 0.717) is 11.5 Å². The Morgan fingerprint density at radius 1 is 1.04 bits per heavy atom. The molecule has 0 aliphatic heterocycles. The van der Waals surface area contributed by atoms with Crippen molar-refractivity contribution in [1.29, 1.82) is 0 Å². The minimum atomic E-state index is 0.508. The van der Waals surface area contributed by atoms with Crippen LogP contribution in [0.15, 0.2) is 12.1 Å². The first-order valence-electron chi connectivity index (χ1n) is 10.4. The fourth-order valence-corrected chi connectivity index (χ4v) is 6.58. The molecule has 0 spiro atoms. The molecule has 1 heteroatoms. The molecule has 0 radical (unpaired) electrons. The van der Waals surface area contributed by atoms with E-state index in [1.165, 1.54) is 62.7 Å². The third-order valence-corrected chi connectivity index (χ3v) is 8.44. The lowest BCUT2D eigenvalue weighted by Crippen LogP contribution is -2.41. The number of ether oxygens (including phenoxy) is 1. The van der Waals surface area contributed by atoms with Gasteiger partial charge in [0.15, 0.2) is 0 Å². The third kappa shape index (κ3) is 2.12. The predicted octanol–water partition coefficient (Wildman–Crippen LogP) is 6.03. The molecule has 24 heavy (non-hydrogen) atoms. The Balaban J connectivity index is 1.48. The molecule has 0 heterocycles. The van der Waals surface area contributed by atoms with Gasteiger partial charge in [-0.05, 0) is 110 Å². The number of rotatable bonds is 2. The quantitative estimate of drug-likeness (QED) is 0.645. The monoisotopic (exact) mass is 324 g/mol. The normalized spacial score (nSPS) is 40.6. The van der Waals surface area contributed by atoms with Crippen molar-refractivity contribution in [3.63, 3.8) is 0 Å². The summed E-state index contributed by atoms with van der Waals surface area (Å²) >= 11 is 0. The highest BCUT2D eigenvalue weighted by atomic mass is 16.5. The van der Waals surface area contributed by atoms with Gasteiger partial charge < -0.3 is 4.74 Å². The van der Waals surface area contributed by atoms with E-state index in [9.17, 15) is 0 Å². The number of fused-ring (bicyclic) bond motifs is 5. The molecule has 3 saturated carbocycles. The third-order valence-electron chi connectivity index (χ3n) is 8.44. The van der Waals surface area contributed by atoms with Crippen molar-refractivity contribution in [1.82, 2.24) is 0 Å². The lowest BCUT2D eigenvalue weighted by atomic mass is 9.54. The topological polar surface area (TPSA) is 9.23 Å². The molecular formula is C23H32O. The van der Waals surface area contributed by atoms with Crippen molar-refractivity contribution in [2.75, 3.05) is 0 Å². The van der Waals surface area contributed by atoms with Gasteiger partial charge in [0, 0.05) is 0 Å². The summed E-state index contributed by atoms with van der Waals surface area (Å²) in [7, 11) is 0. The van der Waals surface area contributed by atoms with E-state index in [1.54, 1.807) is 11.1 Å². The van der Waals surface area contributed by atoms with Gasteiger partial charge in [-0.3, -0.25) is 0 Å². The fraction of sp³-hybridized carbons (Fsp3) is 0.739. The fourth-order valence-electron chi connectivity index (χ4n) is 6.58. The highest BCUT2D eigenvalue weighted by Gasteiger charge is 2.53. The van der Waals surface area contributed by atoms with Gasteiger partial charge in [0.1, 0.15) is 5.75 Å². The van der Waals surface area contributed by atoms with E-state index in [4.69, 9.17) is 4.74 Å². The van der Waals surface area contributed by atoms with Crippen molar-refractivity contribution in [3.8, 4) is 5.75 Å². The summed E-state index contributed by atoms with van der Waals surface area (Å²) in [5.41, 5.74) is 5.41. The molecule has 5 unspecified atom stereocenters. The van der Waals surface area contributed by atoms with Crippen molar-refractivity contribution < 1.29 is 4.74 Å². The van der Waals surface area contributed by atoms with Crippen molar-refractivity contribution in [3.05, 3.63) is 28.8 Å². The standard InChI is InChI=1S/C23H32O/c1-14-4-10-21-20-8-7-17-15(2)22(24-16-5-6-16)11-9-18(17)19(20)12-13-23(14,21)3/h9,11,14,16,19-21H,4-8,10,12-13H2,1-3H3. The summed E-state index contributed by atoms with van der Waals surface area (Å²) in [5, 5.41) is 0. The molecular weight excluding hydrogens is 292 g/mol. The first-order valence-corrected chi connectivity index (χ1v) is 10.4. The molecule has 3 fully saturated rings. The van der Waals surface area contributed by atoms with E-state index in [0.717, 1.165) is 23.7 Å². The predicted molar refractivity (Wildman–Crippen MR) is 98.6 cm³/mol. The average molecular weight is 325 g/mol. The molecule has 0 amide bonds. The minimum absolute atomic E-state index is 0.508. The smallest absolute Gasteiger partial charge is 0.122 e. The summed E-state index contributed by atoms with van der Waals surface area (Å²) < 4.78 is 6.16. The summed E-state index contributed by atoms with van der Waals surface area (Å²) in [6, 6.07) is 4.73. The van der Waals surface area contributed by atoms with Crippen molar-refractivity contribution in [2.24, 2.45) is 23.2 Å². The zero-order valence-electron chi connectivity index (χ0n) is 15.6. The van der Waals surface area contributed by atoms with Crippen LogP contribution < -0.4 is 4.74 Å². The highest BCUT2D eigenvalue weighted by molar-refractivity contribution is 5.48. The van der Waals surface area contributed by atoms with E-state index in [-0.39, 0.29) is 0 Å². The molecule has 0 bridgehead atoms. The van der Waals surface area contributed by atoms with Gasteiger partial charge in [-0.2, -0.15) is 0 Å². The van der Waals surface area contributed by atoms with E-state index >= 15 is 0 Å². The van der Waals surface area contributed by atoms with Gasteiger partial charge in [-0.25, -0.2) is 0 Å². The van der Waals surface area contributed by atoms with Gasteiger partial charge in [-0.15, -0.1) is 0 Å². The average Bonchev–Trinajstić information content (AvgIpc) is 3.34. The van der Waals surface area contributed by atoms with Gasteiger partial charge >= 0.3 is 0 Å². The summed E-state index contributed by atoms with van der Waals surface area (Å²) in [6.45, 7) is 7.43. The Kier molecular flexibility index (Phi) is 3.35. The SMILES string of the molecule is Cc1c(OC2CC2)ccc2c1CCC1C2CCC2(C)C(C)CCC12. The Bertz CT molecular complexity index is 658. The van der Waals surface area contributed by atoms with Crippen LogP contribution in [-0.2, 0) is 6.42 Å². The Hall–Kier alpha value is -0.980.